The van der Waals surface area contributed by atoms with Gasteiger partial charge in [0.2, 0.25) is 0 Å². The zero-order chi connectivity index (χ0) is 10.7. The highest BCUT2D eigenvalue weighted by Gasteiger charge is 2.14. The van der Waals surface area contributed by atoms with E-state index in [2.05, 4.69) is 0 Å². The van der Waals surface area contributed by atoms with Crippen molar-refractivity contribution in [3.8, 4) is 0 Å². The van der Waals surface area contributed by atoms with Crippen molar-refractivity contribution in [1.82, 2.24) is 0 Å². The summed E-state index contributed by atoms with van der Waals surface area (Å²) in [4.78, 5) is 12.9. The van der Waals surface area contributed by atoms with Gasteiger partial charge in [-0.2, -0.15) is 0 Å². The molecule has 14 heavy (non-hydrogen) atoms. The molecule has 76 valence electrons. The van der Waals surface area contributed by atoms with E-state index in [0.29, 0.717) is 10.6 Å². The van der Waals surface area contributed by atoms with Gasteiger partial charge in [-0.05, 0) is 36.2 Å². The van der Waals surface area contributed by atoms with Gasteiger partial charge in [0.25, 0.3) is 5.24 Å². The molecule has 0 N–H and O–H groups in total. The van der Waals surface area contributed by atoms with Gasteiger partial charge >= 0.3 is 0 Å². The lowest BCUT2D eigenvalue weighted by Gasteiger charge is -2.09. The van der Waals surface area contributed by atoms with Crippen molar-refractivity contribution in [1.29, 1.82) is 0 Å². The van der Waals surface area contributed by atoms with Gasteiger partial charge in [0.05, 0.1) is 5.02 Å². The molecule has 5 heteroatoms. The van der Waals surface area contributed by atoms with Gasteiger partial charge < -0.3 is 0 Å². The number of hydrogen-bond donors (Lipinski definition) is 0. The minimum absolute atomic E-state index is 0.443. The maximum absolute atomic E-state index is 11.1. The van der Waals surface area contributed by atoms with Gasteiger partial charge in [-0.3, -0.25) is 4.79 Å². The van der Waals surface area contributed by atoms with Crippen LogP contribution in [0.1, 0.15) is 10.4 Å². The van der Waals surface area contributed by atoms with Crippen molar-refractivity contribution in [3.63, 3.8) is 0 Å². The first-order chi connectivity index (χ1) is 6.61. The Bertz CT molecular complexity index is 366. The van der Waals surface area contributed by atoms with Crippen molar-refractivity contribution in [2.45, 2.75) is 9.79 Å². The van der Waals surface area contributed by atoms with Crippen molar-refractivity contribution < 1.29 is 4.79 Å². The van der Waals surface area contributed by atoms with Gasteiger partial charge in [0.1, 0.15) is 0 Å². The van der Waals surface area contributed by atoms with Crippen LogP contribution < -0.4 is 0 Å². The molecule has 1 nitrogen and oxygen atoms in total. The van der Waals surface area contributed by atoms with Gasteiger partial charge in [-0.1, -0.05) is 11.6 Å². The Balaban J connectivity index is 3.40. The molecule has 0 heterocycles. The van der Waals surface area contributed by atoms with E-state index in [0.717, 1.165) is 9.79 Å². The van der Waals surface area contributed by atoms with Gasteiger partial charge in [-0.15, -0.1) is 23.5 Å². The molecule has 0 aliphatic carbocycles. The van der Waals surface area contributed by atoms with E-state index in [-0.39, 0.29) is 0 Å². The van der Waals surface area contributed by atoms with Gasteiger partial charge in [-0.25, -0.2) is 0 Å². The summed E-state index contributed by atoms with van der Waals surface area (Å²) in [6.07, 6.45) is 3.82. The molecule has 0 aliphatic rings. The van der Waals surface area contributed by atoms with E-state index < -0.39 is 5.24 Å². The Morgan fingerprint density at radius 2 is 1.79 bits per heavy atom. The minimum Gasteiger partial charge on any atom is -0.276 e. The molecule has 0 saturated heterocycles. The molecule has 0 spiro atoms. The third kappa shape index (κ3) is 2.40. The second kappa shape index (κ2) is 5.31. The summed E-state index contributed by atoms with van der Waals surface area (Å²) >= 11 is 14.5. The summed E-state index contributed by atoms with van der Waals surface area (Å²) in [5.74, 6) is 0. The number of hydrogen-bond acceptors (Lipinski definition) is 3. The molecule has 0 atom stereocenters. The average molecular weight is 267 g/mol. The molecule has 0 unspecified atom stereocenters. The number of benzene rings is 1. The fourth-order valence-corrected chi connectivity index (χ4v) is 3.48. The summed E-state index contributed by atoms with van der Waals surface area (Å²) in [7, 11) is 0. The maximum Gasteiger partial charge on any atom is 0.253 e. The van der Waals surface area contributed by atoms with Crippen LogP contribution in [0.4, 0.5) is 0 Å². The largest absolute Gasteiger partial charge is 0.276 e. The van der Waals surface area contributed by atoms with Crippen molar-refractivity contribution in [2.75, 3.05) is 12.5 Å². The smallest absolute Gasteiger partial charge is 0.253 e. The van der Waals surface area contributed by atoms with Gasteiger partial charge in [0, 0.05) is 15.4 Å². The first-order valence-electron chi connectivity index (χ1n) is 3.72. The zero-order valence-corrected chi connectivity index (χ0v) is 10.8. The summed E-state index contributed by atoms with van der Waals surface area (Å²) in [6.45, 7) is 0. The van der Waals surface area contributed by atoms with Crippen LogP contribution in [-0.2, 0) is 0 Å². The molecule has 0 amide bonds. The summed E-state index contributed by atoms with van der Waals surface area (Å²) < 4.78 is 0. The highest BCUT2D eigenvalue weighted by atomic mass is 35.5. The van der Waals surface area contributed by atoms with Crippen LogP contribution in [0.25, 0.3) is 0 Å². The third-order valence-electron chi connectivity index (χ3n) is 1.68. The number of carbonyl (C=O) groups is 1. The van der Waals surface area contributed by atoms with Crippen LogP contribution in [0.5, 0.6) is 0 Å². The first kappa shape index (κ1) is 12.2. The first-order valence-corrected chi connectivity index (χ1v) is 6.92. The lowest BCUT2D eigenvalue weighted by Crippen LogP contribution is -1.94. The van der Waals surface area contributed by atoms with E-state index >= 15 is 0 Å². The van der Waals surface area contributed by atoms with Crippen molar-refractivity contribution >= 4 is 52.0 Å². The fraction of sp³-hybridized carbons (Fsp3) is 0.222. The Morgan fingerprint density at radius 3 is 2.21 bits per heavy atom. The van der Waals surface area contributed by atoms with E-state index in [1.807, 2.05) is 12.5 Å². The normalized spacial score (nSPS) is 10.3. The van der Waals surface area contributed by atoms with Crippen LogP contribution in [-0.4, -0.2) is 17.8 Å². The molecule has 1 aromatic rings. The van der Waals surface area contributed by atoms with Gasteiger partial charge in [0.15, 0.2) is 0 Å². The lowest BCUT2D eigenvalue weighted by atomic mass is 10.2. The molecule has 0 bridgehead atoms. The predicted octanol–water partition coefficient (Wildman–Crippen LogP) is 4.16. The predicted molar refractivity (Wildman–Crippen MR) is 65.2 cm³/mol. The van der Waals surface area contributed by atoms with Crippen LogP contribution >= 0.6 is 46.7 Å². The highest BCUT2D eigenvalue weighted by Crippen LogP contribution is 2.37. The zero-order valence-electron chi connectivity index (χ0n) is 7.64. The minimum atomic E-state index is -0.443. The Labute approximate surface area is 102 Å². The maximum atomic E-state index is 11.1. The van der Waals surface area contributed by atoms with Crippen LogP contribution in [0.2, 0.25) is 5.02 Å². The number of rotatable bonds is 3. The topological polar surface area (TPSA) is 17.1 Å². The Kier molecular flexibility index (Phi) is 4.64. The molecular formula is C9H8Cl2OS2. The molecule has 1 rings (SSSR count). The van der Waals surface area contributed by atoms with E-state index in [1.165, 1.54) is 23.5 Å². The summed E-state index contributed by atoms with van der Waals surface area (Å²) in [5.41, 5.74) is 0.521. The van der Waals surface area contributed by atoms with Crippen molar-refractivity contribution in [2.24, 2.45) is 0 Å². The SMILES string of the molecule is CSc1c(Cl)ccc(C(=O)Cl)c1SC. The summed E-state index contributed by atoms with van der Waals surface area (Å²) in [5, 5.41) is 0.213. The number of carbonyl (C=O) groups excluding carboxylic acids is 1. The highest BCUT2D eigenvalue weighted by molar-refractivity contribution is 8.01. The fourth-order valence-electron chi connectivity index (χ4n) is 1.09. The molecule has 0 aliphatic heterocycles. The van der Waals surface area contributed by atoms with Crippen molar-refractivity contribution in [3.05, 3.63) is 22.7 Å². The molecule has 1 aromatic carbocycles. The van der Waals surface area contributed by atoms with E-state index in [1.54, 1.807) is 12.1 Å². The van der Waals surface area contributed by atoms with E-state index in [4.69, 9.17) is 23.2 Å². The average Bonchev–Trinajstić information content (AvgIpc) is 2.16. The second-order valence-electron chi connectivity index (χ2n) is 2.44. The monoisotopic (exact) mass is 266 g/mol. The number of thioether (sulfide) groups is 2. The number of halogens is 2. The summed E-state index contributed by atoms with van der Waals surface area (Å²) in [6, 6.07) is 3.35. The van der Waals surface area contributed by atoms with Crippen LogP contribution in [0.15, 0.2) is 21.9 Å². The second-order valence-corrected chi connectivity index (χ2v) is 4.82. The molecule has 0 saturated carbocycles. The van der Waals surface area contributed by atoms with E-state index in [9.17, 15) is 4.79 Å². The standard InChI is InChI=1S/C9H8Cl2OS2/c1-13-7-5(9(11)12)3-4-6(10)8(7)14-2/h3-4H,1-2H3. The lowest BCUT2D eigenvalue weighted by molar-refractivity contribution is 0.107. The molecule has 0 fully saturated rings. The van der Waals surface area contributed by atoms with Crippen LogP contribution in [0.3, 0.4) is 0 Å². The Hall–Kier alpha value is 0.170. The van der Waals surface area contributed by atoms with Crippen LogP contribution in [0, 0.1) is 0 Å². The quantitative estimate of drug-likeness (QED) is 0.604. The Morgan fingerprint density at radius 1 is 1.21 bits per heavy atom. The molecule has 0 radical (unpaired) electrons. The molecular weight excluding hydrogens is 259 g/mol. The third-order valence-corrected chi connectivity index (χ3v) is 4.11. The molecule has 0 aromatic heterocycles.